The molecule has 0 aromatic rings. The summed E-state index contributed by atoms with van der Waals surface area (Å²) in [5.74, 6) is -1.46. The minimum Gasteiger partial charge on any atom is -0.462 e. The molecule has 0 saturated carbocycles. The predicted octanol–water partition coefficient (Wildman–Crippen LogP) is 18.4. The molecular formula is C62H115O11P. The van der Waals surface area contributed by atoms with Gasteiger partial charge in [-0.2, -0.15) is 0 Å². The van der Waals surface area contributed by atoms with Crippen LogP contribution in [0.5, 0.6) is 0 Å². The summed E-state index contributed by atoms with van der Waals surface area (Å²) in [7, 11) is -4.75. The number of esters is 3. The summed E-state index contributed by atoms with van der Waals surface area (Å²) in [4.78, 5) is 48.6. The Hall–Kier alpha value is -2.30. The Kier molecular flexibility index (Phi) is 55.1. The highest BCUT2D eigenvalue weighted by atomic mass is 31.2. The van der Waals surface area contributed by atoms with E-state index in [-0.39, 0.29) is 25.9 Å². The van der Waals surface area contributed by atoms with Crippen molar-refractivity contribution < 1.29 is 52.2 Å². The standard InChI is InChI=1S/C62H115O11P/c1-4-7-10-13-16-19-22-25-27-28-29-30-32-34-36-39-42-45-48-51-60(64)69-55-59(73-62(66)53-50-47-44-41-38-35-31-26-23-20-17-14-11-8-5-2)57-71-74(67,68)70-56-58(54-63)72-61(65)52-49-46-43-40-37-33-24-21-18-15-12-9-6-3/h12,15,21,24-25,27,58-59,63H,4-11,13-14,16-20,22-23,26,28-57H2,1-3H3,(H,67,68)/b15-12-,24-21-,27-25-. The first kappa shape index (κ1) is 71.7. The number of phosphoric acid groups is 1. The van der Waals surface area contributed by atoms with Gasteiger partial charge in [-0.3, -0.25) is 23.4 Å². The fourth-order valence-corrected chi connectivity index (χ4v) is 9.59. The lowest BCUT2D eigenvalue weighted by Crippen LogP contribution is -2.30. The van der Waals surface area contributed by atoms with Crippen LogP contribution in [0.1, 0.15) is 303 Å². The second-order valence-electron chi connectivity index (χ2n) is 20.9. The largest absolute Gasteiger partial charge is 0.472 e. The summed E-state index contributed by atoms with van der Waals surface area (Å²) >= 11 is 0. The van der Waals surface area contributed by atoms with Gasteiger partial charge in [0.1, 0.15) is 12.7 Å². The van der Waals surface area contributed by atoms with Crippen molar-refractivity contribution in [1.82, 2.24) is 0 Å². The summed E-state index contributed by atoms with van der Waals surface area (Å²) in [6.45, 7) is 4.61. The molecule has 11 nitrogen and oxygen atoms in total. The number of aliphatic hydroxyl groups excluding tert-OH is 1. The van der Waals surface area contributed by atoms with Gasteiger partial charge in [0, 0.05) is 19.3 Å². The van der Waals surface area contributed by atoms with Gasteiger partial charge in [0.25, 0.3) is 0 Å². The molecule has 0 heterocycles. The zero-order valence-electron chi connectivity index (χ0n) is 48.1. The topological polar surface area (TPSA) is 155 Å². The zero-order chi connectivity index (χ0) is 54.1. The van der Waals surface area contributed by atoms with E-state index >= 15 is 0 Å². The summed E-state index contributed by atoms with van der Waals surface area (Å²) in [5, 5.41) is 9.82. The number of allylic oxidation sites excluding steroid dienone is 6. The molecule has 434 valence electrons. The lowest BCUT2D eigenvalue weighted by molar-refractivity contribution is -0.161. The molecule has 12 heteroatoms. The highest BCUT2D eigenvalue weighted by Gasteiger charge is 2.28. The molecule has 0 bridgehead atoms. The van der Waals surface area contributed by atoms with Crippen LogP contribution in [-0.2, 0) is 42.2 Å². The minimum atomic E-state index is -4.75. The van der Waals surface area contributed by atoms with Gasteiger partial charge in [-0.15, -0.1) is 0 Å². The monoisotopic (exact) mass is 1070 g/mol. The maximum atomic E-state index is 12.9. The molecule has 0 amide bonds. The van der Waals surface area contributed by atoms with Gasteiger partial charge in [-0.1, -0.05) is 250 Å². The molecule has 0 fully saturated rings. The lowest BCUT2D eigenvalue weighted by atomic mass is 10.0. The summed E-state index contributed by atoms with van der Waals surface area (Å²) < 4.78 is 39.6. The van der Waals surface area contributed by atoms with E-state index in [1.807, 2.05) is 0 Å². The lowest BCUT2D eigenvalue weighted by Gasteiger charge is -2.21. The number of carbonyl (C=O) groups is 3. The molecule has 0 aliphatic heterocycles. The number of carbonyl (C=O) groups excluding carboxylic acids is 3. The Morgan fingerprint density at radius 2 is 0.689 bits per heavy atom. The van der Waals surface area contributed by atoms with E-state index in [1.54, 1.807) is 0 Å². The van der Waals surface area contributed by atoms with Crippen LogP contribution in [0.4, 0.5) is 0 Å². The Bertz CT molecular complexity index is 1380. The van der Waals surface area contributed by atoms with Gasteiger partial charge >= 0.3 is 25.7 Å². The third-order valence-electron chi connectivity index (χ3n) is 13.5. The SMILES string of the molecule is CCC/C=C\C/C=C\CCCCCCCC(=O)OC(CO)COP(=O)(O)OCC(COC(=O)CCCCCCCCCCC/C=C\CCCCCCCC)OC(=O)CCCCCCCCCCCCCCCCC. The Labute approximate surface area is 454 Å². The number of ether oxygens (including phenoxy) is 3. The first-order valence-electron chi connectivity index (χ1n) is 30.9. The maximum absolute atomic E-state index is 12.9. The van der Waals surface area contributed by atoms with Crippen LogP contribution in [-0.4, -0.2) is 66.5 Å². The molecule has 0 saturated heterocycles. The van der Waals surface area contributed by atoms with Crippen LogP contribution in [0.15, 0.2) is 36.5 Å². The van der Waals surface area contributed by atoms with Crippen molar-refractivity contribution in [2.75, 3.05) is 26.4 Å². The van der Waals surface area contributed by atoms with Crippen LogP contribution in [0, 0.1) is 0 Å². The quantitative estimate of drug-likeness (QED) is 0.0197. The summed E-state index contributed by atoms with van der Waals surface area (Å²) in [6.07, 6.45) is 59.5. The van der Waals surface area contributed by atoms with Crippen molar-refractivity contribution in [1.29, 1.82) is 0 Å². The number of phosphoric ester groups is 1. The van der Waals surface area contributed by atoms with E-state index in [0.29, 0.717) is 19.3 Å². The van der Waals surface area contributed by atoms with Crippen molar-refractivity contribution in [3.05, 3.63) is 36.5 Å². The van der Waals surface area contributed by atoms with Crippen LogP contribution < -0.4 is 0 Å². The molecule has 0 spiro atoms. The fraction of sp³-hybridized carbons (Fsp3) is 0.855. The predicted molar refractivity (Wildman–Crippen MR) is 307 cm³/mol. The van der Waals surface area contributed by atoms with E-state index in [0.717, 1.165) is 83.5 Å². The van der Waals surface area contributed by atoms with E-state index in [9.17, 15) is 28.9 Å². The summed E-state index contributed by atoms with van der Waals surface area (Å²) in [6, 6.07) is 0. The van der Waals surface area contributed by atoms with Crippen molar-refractivity contribution in [2.45, 2.75) is 315 Å². The highest BCUT2D eigenvalue weighted by molar-refractivity contribution is 7.47. The van der Waals surface area contributed by atoms with Crippen molar-refractivity contribution in [2.24, 2.45) is 0 Å². The minimum absolute atomic E-state index is 0.164. The van der Waals surface area contributed by atoms with Crippen LogP contribution >= 0.6 is 7.82 Å². The average molecular weight is 1070 g/mol. The molecule has 2 N–H and O–H groups in total. The molecule has 3 unspecified atom stereocenters. The normalized spacial score (nSPS) is 13.5. The van der Waals surface area contributed by atoms with Gasteiger partial charge in [0.05, 0.1) is 19.8 Å². The molecule has 3 atom stereocenters. The Balaban J connectivity index is 4.67. The van der Waals surface area contributed by atoms with Gasteiger partial charge in [-0.25, -0.2) is 4.57 Å². The smallest absolute Gasteiger partial charge is 0.462 e. The van der Waals surface area contributed by atoms with Crippen molar-refractivity contribution in [3.8, 4) is 0 Å². The molecule has 0 rings (SSSR count). The first-order chi connectivity index (χ1) is 36.2. The van der Waals surface area contributed by atoms with Crippen LogP contribution in [0.3, 0.4) is 0 Å². The molecule has 0 aliphatic rings. The molecular weight excluding hydrogens is 952 g/mol. The van der Waals surface area contributed by atoms with Gasteiger partial charge < -0.3 is 24.2 Å². The van der Waals surface area contributed by atoms with E-state index < -0.39 is 57.8 Å². The second kappa shape index (κ2) is 56.9. The Morgan fingerprint density at radius 1 is 0.378 bits per heavy atom. The number of rotatable bonds is 58. The summed E-state index contributed by atoms with van der Waals surface area (Å²) in [5.41, 5.74) is 0. The van der Waals surface area contributed by atoms with E-state index in [1.165, 1.54) is 161 Å². The zero-order valence-corrected chi connectivity index (χ0v) is 49.0. The van der Waals surface area contributed by atoms with Gasteiger partial charge in [-0.05, 0) is 70.6 Å². The number of hydrogen-bond acceptors (Lipinski definition) is 10. The van der Waals surface area contributed by atoms with E-state index in [2.05, 4.69) is 57.2 Å². The third kappa shape index (κ3) is 54.5. The highest BCUT2D eigenvalue weighted by Crippen LogP contribution is 2.43. The molecule has 0 aliphatic carbocycles. The van der Waals surface area contributed by atoms with Crippen molar-refractivity contribution in [3.63, 3.8) is 0 Å². The number of hydrogen-bond donors (Lipinski definition) is 2. The molecule has 0 aromatic carbocycles. The van der Waals surface area contributed by atoms with E-state index in [4.69, 9.17) is 23.3 Å². The second-order valence-corrected chi connectivity index (χ2v) is 22.3. The average Bonchev–Trinajstić information content (AvgIpc) is 3.39. The van der Waals surface area contributed by atoms with Crippen molar-refractivity contribution >= 4 is 25.7 Å². The molecule has 0 radical (unpaired) electrons. The maximum Gasteiger partial charge on any atom is 0.472 e. The van der Waals surface area contributed by atoms with Gasteiger partial charge in [0.2, 0.25) is 0 Å². The van der Waals surface area contributed by atoms with Gasteiger partial charge in [0.15, 0.2) is 6.10 Å². The van der Waals surface area contributed by atoms with Crippen LogP contribution in [0.2, 0.25) is 0 Å². The first-order valence-corrected chi connectivity index (χ1v) is 32.4. The molecule has 0 aromatic heterocycles. The fourth-order valence-electron chi connectivity index (χ4n) is 8.80. The number of unbranched alkanes of at least 4 members (excludes halogenated alkanes) is 35. The van der Waals surface area contributed by atoms with Crippen LogP contribution in [0.25, 0.3) is 0 Å². The third-order valence-corrected chi connectivity index (χ3v) is 14.5. The number of aliphatic hydroxyl groups is 1. The molecule has 74 heavy (non-hydrogen) atoms. The Morgan fingerprint density at radius 3 is 1.07 bits per heavy atom.